The molecule has 0 aliphatic carbocycles. The second kappa shape index (κ2) is 9.51. The minimum absolute atomic E-state index is 0.168. The van der Waals surface area contributed by atoms with Gasteiger partial charge < -0.3 is 24.5 Å². The number of carbonyl (C=O) groups is 3. The molecule has 8 heteroatoms. The molecule has 1 fully saturated rings. The number of ether oxygens (including phenoxy) is 1. The number of benzene rings is 1. The zero-order chi connectivity index (χ0) is 22.6. The normalized spacial score (nSPS) is 18.6. The Morgan fingerprint density at radius 3 is 2.65 bits per heavy atom. The zero-order valence-corrected chi connectivity index (χ0v) is 18.2. The van der Waals surface area contributed by atoms with Gasteiger partial charge >= 0.3 is 5.97 Å². The maximum absolute atomic E-state index is 12.8. The van der Waals surface area contributed by atoms with Gasteiger partial charge in [-0.1, -0.05) is 33.3 Å². The molecule has 0 spiro atoms. The fourth-order valence-electron chi connectivity index (χ4n) is 4.39. The number of nitrogens with one attached hydrogen (secondary N) is 1. The minimum Gasteiger partial charge on any atom is -0.480 e. The van der Waals surface area contributed by atoms with Crippen LogP contribution in [-0.2, 0) is 19.1 Å². The van der Waals surface area contributed by atoms with Crippen molar-refractivity contribution in [1.29, 1.82) is 0 Å². The summed E-state index contributed by atoms with van der Waals surface area (Å²) in [6.07, 6.45) is 3.57. The van der Waals surface area contributed by atoms with Gasteiger partial charge in [-0.05, 0) is 43.0 Å². The lowest BCUT2D eigenvalue weighted by atomic mass is 9.71. The van der Waals surface area contributed by atoms with Crippen molar-refractivity contribution in [2.24, 2.45) is 5.41 Å². The molecule has 0 unspecified atom stereocenters. The van der Waals surface area contributed by atoms with E-state index in [2.05, 4.69) is 5.32 Å². The van der Waals surface area contributed by atoms with E-state index in [1.165, 1.54) is 4.90 Å². The van der Waals surface area contributed by atoms with Gasteiger partial charge in [0.15, 0.2) is 0 Å². The third kappa shape index (κ3) is 4.44. The molecule has 1 aromatic heterocycles. The molecular formula is C23H30N2O6. The highest BCUT2D eigenvalue weighted by Crippen LogP contribution is 2.45. The van der Waals surface area contributed by atoms with E-state index in [0.717, 1.165) is 29.4 Å². The van der Waals surface area contributed by atoms with Gasteiger partial charge in [-0.3, -0.25) is 9.59 Å². The van der Waals surface area contributed by atoms with Crippen molar-refractivity contribution in [3.63, 3.8) is 0 Å². The van der Waals surface area contributed by atoms with Gasteiger partial charge in [0.05, 0.1) is 17.7 Å². The number of hydrogen-bond donors (Lipinski definition) is 2. The molecular weight excluding hydrogens is 400 g/mol. The van der Waals surface area contributed by atoms with Gasteiger partial charge in [0.25, 0.3) is 0 Å². The lowest BCUT2D eigenvalue weighted by Gasteiger charge is -2.54. The number of nitrogens with zero attached hydrogens (tertiary/aromatic N) is 1. The smallest absolute Gasteiger partial charge is 0.329 e. The van der Waals surface area contributed by atoms with E-state index in [-0.39, 0.29) is 24.4 Å². The van der Waals surface area contributed by atoms with E-state index < -0.39 is 24.2 Å². The molecule has 31 heavy (non-hydrogen) atoms. The molecule has 1 aliphatic rings. The third-order valence-electron chi connectivity index (χ3n) is 6.17. The highest BCUT2D eigenvalue weighted by atomic mass is 16.5. The first-order chi connectivity index (χ1) is 14.9. The molecule has 168 valence electrons. The van der Waals surface area contributed by atoms with Gasteiger partial charge in [0.2, 0.25) is 11.8 Å². The number of carbonyl (C=O) groups excluding carboxylic acids is 2. The van der Waals surface area contributed by atoms with Gasteiger partial charge in [0.1, 0.15) is 25.0 Å². The monoisotopic (exact) mass is 430 g/mol. The average Bonchev–Trinajstić information content (AvgIpc) is 3.22. The van der Waals surface area contributed by atoms with Crippen LogP contribution in [0.5, 0.6) is 0 Å². The Labute approximate surface area is 181 Å². The van der Waals surface area contributed by atoms with Crippen molar-refractivity contribution in [3.8, 4) is 0 Å². The first kappa shape index (κ1) is 22.8. The van der Waals surface area contributed by atoms with Gasteiger partial charge in [-0.25, -0.2) is 4.79 Å². The largest absolute Gasteiger partial charge is 0.480 e. The molecule has 8 nitrogen and oxygen atoms in total. The second-order valence-electron chi connectivity index (χ2n) is 7.98. The summed E-state index contributed by atoms with van der Waals surface area (Å²) < 4.78 is 10.9. The van der Waals surface area contributed by atoms with Crippen molar-refractivity contribution in [2.45, 2.75) is 58.7 Å². The summed E-state index contributed by atoms with van der Waals surface area (Å²) in [6, 6.07) is 7.48. The maximum Gasteiger partial charge on any atom is 0.329 e. The van der Waals surface area contributed by atoms with Crippen LogP contribution in [0.2, 0.25) is 0 Å². The zero-order valence-electron chi connectivity index (χ0n) is 18.2. The summed E-state index contributed by atoms with van der Waals surface area (Å²) in [5, 5.41) is 13.0. The van der Waals surface area contributed by atoms with Crippen molar-refractivity contribution in [2.75, 3.05) is 13.2 Å². The molecule has 1 saturated heterocycles. The first-order valence-electron chi connectivity index (χ1n) is 10.8. The maximum atomic E-state index is 12.8. The van der Waals surface area contributed by atoms with E-state index in [1.807, 2.05) is 45.0 Å². The Morgan fingerprint density at radius 1 is 1.26 bits per heavy atom. The van der Waals surface area contributed by atoms with Gasteiger partial charge in [-0.15, -0.1) is 0 Å². The van der Waals surface area contributed by atoms with Crippen LogP contribution in [-0.4, -0.2) is 47.2 Å². The number of aliphatic carboxylic acids is 1. The lowest BCUT2D eigenvalue weighted by Crippen LogP contribution is -2.71. The van der Waals surface area contributed by atoms with Crippen LogP contribution in [0.3, 0.4) is 0 Å². The summed E-state index contributed by atoms with van der Waals surface area (Å²) in [6.45, 7) is 5.11. The molecule has 0 saturated carbocycles. The number of carboxylic acids is 1. The predicted molar refractivity (Wildman–Crippen MR) is 114 cm³/mol. The van der Waals surface area contributed by atoms with Crippen LogP contribution in [0.4, 0.5) is 0 Å². The van der Waals surface area contributed by atoms with Crippen molar-refractivity contribution in [1.82, 2.24) is 10.2 Å². The number of β-lactam (4-membered cyclic amide) rings is 1. The van der Waals surface area contributed by atoms with Gasteiger partial charge in [0, 0.05) is 5.39 Å². The number of rotatable bonds is 11. The summed E-state index contributed by atoms with van der Waals surface area (Å²) in [4.78, 5) is 38.0. The summed E-state index contributed by atoms with van der Waals surface area (Å²) >= 11 is 0. The average molecular weight is 431 g/mol. The topological polar surface area (TPSA) is 109 Å². The second-order valence-corrected chi connectivity index (χ2v) is 7.98. The number of fused-ring (bicyclic) bond motifs is 1. The Bertz CT molecular complexity index is 948. The van der Waals surface area contributed by atoms with Crippen molar-refractivity contribution in [3.05, 3.63) is 36.1 Å². The first-order valence-corrected chi connectivity index (χ1v) is 10.8. The predicted octanol–water partition coefficient (Wildman–Crippen LogP) is 3.47. The molecule has 2 atom stereocenters. The number of carboxylic acid groups (broad SMARTS) is 1. The van der Waals surface area contributed by atoms with Crippen LogP contribution >= 0.6 is 0 Å². The molecule has 2 heterocycles. The molecule has 0 bridgehead atoms. The molecule has 3 rings (SSSR count). The van der Waals surface area contributed by atoms with E-state index in [4.69, 9.17) is 14.3 Å². The molecule has 2 N–H and O–H groups in total. The summed E-state index contributed by atoms with van der Waals surface area (Å²) in [5.74, 6) is -1.58. The minimum atomic E-state index is -1.11. The van der Waals surface area contributed by atoms with Crippen LogP contribution in [0.1, 0.15) is 58.1 Å². The molecule has 1 aromatic carbocycles. The quantitative estimate of drug-likeness (QED) is 0.529. The molecule has 0 radical (unpaired) electrons. The SMILES string of the molecule is CCC[C@@H](NC(=O)CN1C(=O)C(CC)(CC)[C@@H]1OCC(=O)O)c1ccc2occc2c1. The number of likely N-dealkylation sites (tertiary alicyclic amines) is 1. The van der Waals surface area contributed by atoms with E-state index in [0.29, 0.717) is 12.8 Å². The fourth-order valence-corrected chi connectivity index (χ4v) is 4.39. The molecule has 2 amide bonds. The highest BCUT2D eigenvalue weighted by Gasteiger charge is 2.59. The van der Waals surface area contributed by atoms with E-state index in [9.17, 15) is 14.4 Å². The van der Waals surface area contributed by atoms with E-state index >= 15 is 0 Å². The van der Waals surface area contributed by atoms with E-state index in [1.54, 1.807) is 6.26 Å². The number of amides is 2. The Hall–Kier alpha value is -2.87. The van der Waals surface area contributed by atoms with Crippen LogP contribution in [0.15, 0.2) is 34.9 Å². The Morgan fingerprint density at radius 2 is 2.00 bits per heavy atom. The van der Waals surface area contributed by atoms with Crippen molar-refractivity contribution < 1.29 is 28.6 Å². The standard InChI is InChI=1S/C23H30N2O6/c1-4-7-17(15-8-9-18-16(12-15)10-11-30-18)24-19(26)13-25-21(29)23(5-2,6-3)22(25)31-14-20(27)28/h8-12,17,22H,4-7,13-14H2,1-3H3,(H,24,26)(H,27,28)/t17-,22+/m1/s1. The van der Waals surface area contributed by atoms with Crippen molar-refractivity contribution >= 4 is 28.8 Å². The van der Waals surface area contributed by atoms with Crippen LogP contribution < -0.4 is 5.32 Å². The third-order valence-corrected chi connectivity index (χ3v) is 6.17. The van der Waals surface area contributed by atoms with Crippen LogP contribution in [0.25, 0.3) is 11.0 Å². The Balaban J connectivity index is 1.71. The molecule has 1 aliphatic heterocycles. The highest BCUT2D eigenvalue weighted by molar-refractivity contribution is 5.93. The Kier molecular flexibility index (Phi) is 7.00. The summed E-state index contributed by atoms with van der Waals surface area (Å²) in [7, 11) is 0. The number of hydrogen-bond acceptors (Lipinski definition) is 5. The number of furan rings is 1. The molecule has 2 aromatic rings. The van der Waals surface area contributed by atoms with Crippen LogP contribution in [0, 0.1) is 5.41 Å². The summed E-state index contributed by atoms with van der Waals surface area (Å²) in [5.41, 5.74) is 0.977. The fraction of sp³-hybridized carbons (Fsp3) is 0.522. The van der Waals surface area contributed by atoms with Gasteiger partial charge in [-0.2, -0.15) is 0 Å². The lowest BCUT2D eigenvalue weighted by molar-refractivity contribution is -0.225.